The van der Waals surface area contributed by atoms with Crippen LogP contribution in [0.2, 0.25) is 0 Å². The SMILES string of the molecule is CCC(C)CN(C)CC1CSCCN1. The number of thioether (sulfide) groups is 1. The second-order valence-electron chi connectivity index (χ2n) is 4.46. The summed E-state index contributed by atoms with van der Waals surface area (Å²) in [4.78, 5) is 2.47. The van der Waals surface area contributed by atoms with Crippen molar-refractivity contribution in [3.63, 3.8) is 0 Å². The lowest BCUT2D eigenvalue weighted by Gasteiger charge is -2.29. The van der Waals surface area contributed by atoms with Gasteiger partial charge >= 0.3 is 0 Å². The van der Waals surface area contributed by atoms with Crippen LogP contribution in [0.25, 0.3) is 0 Å². The van der Waals surface area contributed by atoms with Crippen molar-refractivity contribution in [1.29, 1.82) is 0 Å². The molecule has 14 heavy (non-hydrogen) atoms. The summed E-state index contributed by atoms with van der Waals surface area (Å²) in [5, 5.41) is 3.58. The number of hydrogen-bond acceptors (Lipinski definition) is 3. The van der Waals surface area contributed by atoms with Gasteiger partial charge in [0.25, 0.3) is 0 Å². The van der Waals surface area contributed by atoms with Crippen molar-refractivity contribution >= 4 is 11.8 Å². The van der Waals surface area contributed by atoms with Crippen LogP contribution in [0.5, 0.6) is 0 Å². The largest absolute Gasteiger partial charge is 0.311 e. The molecule has 1 saturated heterocycles. The van der Waals surface area contributed by atoms with Gasteiger partial charge in [-0.25, -0.2) is 0 Å². The van der Waals surface area contributed by atoms with E-state index in [0.29, 0.717) is 6.04 Å². The van der Waals surface area contributed by atoms with Crippen molar-refractivity contribution < 1.29 is 0 Å². The van der Waals surface area contributed by atoms with E-state index in [2.05, 4.69) is 42.9 Å². The Kier molecular flexibility index (Phi) is 5.90. The van der Waals surface area contributed by atoms with E-state index in [1.54, 1.807) is 0 Å². The predicted molar refractivity (Wildman–Crippen MR) is 66.1 cm³/mol. The van der Waals surface area contributed by atoms with Gasteiger partial charge in [0.2, 0.25) is 0 Å². The molecule has 1 N–H and O–H groups in total. The van der Waals surface area contributed by atoms with Crippen LogP contribution in [0.15, 0.2) is 0 Å². The molecule has 0 aromatic rings. The van der Waals surface area contributed by atoms with Gasteiger partial charge in [-0.1, -0.05) is 20.3 Å². The maximum Gasteiger partial charge on any atom is 0.0285 e. The van der Waals surface area contributed by atoms with Crippen molar-refractivity contribution in [2.75, 3.05) is 38.2 Å². The standard InChI is InChI=1S/C11H24N2S/c1-4-10(2)7-13(3)8-11-9-14-6-5-12-11/h10-12H,4-9H2,1-3H3. The molecule has 3 heteroatoms. The molecular formula is C11H24N2S. The molecule has 1 heterocycles. The quantitative estimate of drug-likeness (QED) is 0.752. The van der Waals surface area contributed by atoms with Gasteiger partial charge in [0.05, 0.1) is 0 Å². The van der Waals surface area contributed by atoms with E-state index in [1.807, 2.05) is 0 Å². The molecule has 0 radical (unpaired) electrons. The third-order valence-corrected chi connectivity index (χ3v) is 3.98. The maximum absolute atomic E-state index is 3.58. The summed E-state index contributed by atoms with van der Waals surface area (Å²) in [5.74, 6) is 3.40. The zero-order valence-corrected chi connectivity index (χ0v) is 10.6. The second kappa shape index (κ2) is 6.70. The first-order valence-corrected chi connectivity index (χ1v) is 6.87. The molecule has 0 saturated carbocycles. The molecule has 0 aliphatic carbocycles. The molecule has 2 atom stereocenters. The molecule has 1 aliphatic rings. The van der Waals surface area contributed by atoms with Gasteiger partial charge < -0.3 is 10.2 Å². The van der Waals surface area contributed by atoms with Crippen LogP contribution in [0, 0.1) is 5.92 Å². The maximum atomic E-state index is 3.58. The Morgan fingerprint density at radius 2 is 2.36 bits per heavy atom. The minimum Gasteiger partial charge on any atom is -0.311 e. The van der Waals surface area contributed by atoms with Gasteiger partial charge in [0.15, 0.2) is 0 Å². The number of rotatable bonds is 5. The topological polar surface area (TPSA) is 15.3 Å². The summed E-state index contributed by atoms with van der Waals surface area (Å²) in [6, 6.07) is 0.711. The zero-order chi connectivity index (χ0) is 10.4. The highest BCUT2D eigenvalue weighted by molar-refractivity contribution is 7.99. The molecule has 2 unspecified atom stereocenters. The van der Waals surface area contributed by atoms with Crippen LogP contribution in [-0.4, -0.2) is 49.1 Å². The Morgan fingerprint density at radius 1 is 1.57 bits per heavy atom. The first-order valence-electron chi connectivity index (χ1n) is 5.72. The summed E-state index contributed by atoms with van der Waals surface area (Å²) in [5.41, 5.74) is 0. The highest BCUT2D eigenvalue weighted by atomic mass is 32.2. The summed E-state index contributed by atoms with van der Waals surface area (Å²) in [7, 11) is 2.24. The number of nitrogens with one attached hydrogen (secondary N) is 1. The van der Waals surface area contributed by atoms with E-state index in [-0.39, 0.29) is 0 Å². The van der Waals surface area contributed by atoms with E-state index in [1.165, 1.54) is 37.6 Å². The Morgan fingerprint density at radius 3 is 2.93 bits per heavy atom. The van der Waals surface area contributed by atoms with Crippen molar-refractivity contribution in [3.8, 4) is 0 Å². The summed E-state index contributed by atoms with van der Waals surface area (Å²) < 4.78 is 0. The molecule has 84 valence electrons. The molecule has 0 aromatic heterocycles. The fraction of sp³-hybridized carbons (Fsp3) is 1.00. The van der Waals surface area contributed by atoms with Crippen LogP contribution in [0.3, 0.4) is 0 Å². The monoisotopic (exact) mass is 216 g/mol. The molecular weight excluding hydrogens is 192 g/mol. The Labute approximate surface area is 92.8 Å². The van der Waals surface area contributed by atoms with Gasteiger partial charge in [-0.05, 0) is 13.0 Å². The lowest BCUT2D eigenvalue weighted by Crippen LogP contribution is -2.45. The highest BCUT2D eigenvalue weighted by Crippen LogP contribution is 2.09. The van der Waals surface area contributed by atoms with E-state index in [9.17, 15) is 0 Å². The number of likely N-dealkylation sites (N-methyl/N-ethyl adjacent to an activating group) is 1. The van der Waals surface area contributed by atoms with E-state index < -0.39 is 0 Å². The summed E-state index contributed by atoms with van der Waals surface area (Å²) >= 11 is 2.08. The normalized spacial score (nSPS) is 25.3. The predicted octanol–water partition coefficient (Wildman–Crippen LogP) is 1.67. The van der Waals surface area contributed by atoms with Crippen LogP contribution in [0.1, 0.15) is 20.3 Å². The Bertz CT molecular complexity index is 146. The highest BCUT2D eigenvalue weighted by Gasteiger charge is 2.15. The Balaban J connectivity index is 2.14. The zero-order valence-electron chi connectivity index (χ0n) is 9.75. The fourth-order valence-electron chi connectivity index (χ4n) is 1.85. The second-order valence-corrected chi connectivity index (χ2v) is 5.61. The van der Waals surface area contributed by atoms with Crippen molar-refractivity contribution in [2.45, 2.75) is 26.3 Å². The molecule has 0 bridgehead atoms. The molecule has 0 amide bonds. The smallest absolute Gasteiger partial charge is 0.0285 e. The molecule has 1 rings (SSSR count). The third-order valence-electron chi connectivity index (χ3n) is 2.85. The van der Waals surface area contributed by atoms with Gasteiger partial charge in [-0.15, -0.1) is 0 Å². The van der Waals surface area contributed by atoms with Crippen molar-refractivity contribution in [3.05, 3.63) is 0 Å². The first kappa shape index (κ1) is 12.3. The average Bonchev–Trinajstić information content (AvgIpc) is 2.19. The molecule has 1 aliphatic heterocycles. The van der Waals surface area contributed by atoms with E-state index in [4.69, 9.17) is 0 Å². The van der Waals surface area contributed by atoms with Gasteiger partial charge in [0, 0.05) is 37.2 Å². The van der Waals surface area contributed by atoms with E-state index in [0.717, 1.165) is 5.92 Å². The first-order chi connectivity index (χ1) is 6.72. The summed E-state index contributed by atoms with van der Waals surface area (Å²) in [6.07, 6.45) is 1.29. The number of nitrogens with zero attached hydrogens (tertiary/aromatic N) is 1. The lowest BCUT2D eigenvalue weighted by atomic mass is 10.1. The molecule has 0 aromatic carbocycles. The minimum atomic E-state index is 0.711. The van der Waals surface area contributed by atoms with Gasteiger partial charge in [0.1, 0.15) is 0 Å². The van der Waals surface area contributed by atoms with Crippen LogP contribution >= 0.6 is 11.8 Å². The van der Waals surface area contributed by atoms with Crippen molar-refractivity contribution in [1.82, 2.24) is 10.2 Å². The fourth-order valence-corrected chi connectivity index (χ4v) is 2.79. The Hall–Kier alpha value is 0.270. The molecule has 1 fully saturated rings. The summed E-state index contributed by atoms with van der Waals surface area (Å²) in [6.45, 7) is 8.23. The van der Waals surface area contributed by atoms with E-state index >= 15 is 0 Å². The van der Waals surface area contributed by atoms with Gasteiger partial charge in [-0.3, -0.25) is 0 Å². The average molecular weight is 216 g/mol. The third kappa shape index (κ3) is 4.67. The van der Waals surface area contributed by atoms with Gasteiger partial charge in [-0.2, -0.15) is 11.8 Å². The van der Waals surface area contributed by atoms with Crippen LogP contribution < -0.4 is 5.32 Å². The minimum absolute atomic E-state index is 0.711. The van der Waals surface area contributed by atoms with Crippen molar-refractivity contribution in [2.24, 2.45) is 5.92 Å². The van der Waals surface area contributed by atoms with Crippen LogP contribution in [-0.2, 0) is 0 Å². The lowest BCUT2D eigenvalue weighted by molar-refractivity contribution is 0.259. The molecule has 2 nitrogen and oxygen atoms in total. The molecule has 0 spiro atoms. The number of hydrogen-bond donors (Lipinski definition) is 1. The van der Waals surface area contributed by atoms with Crippen LogP contribution in [0.4, 0.5) is 0 Å².